The van der Waals surface area contributed by atoms with E-state index in [1.807, 2.05) is 0 Å². The van der Waals surface area contributed by atoms with Crippen molar-refractivity contribution in [2.75, 3.05) is 26.3 Å². The Hall–Kier alpha value is -0.650. The maximum Gasteiger partial charge on any atom is 0.324 e. The van der Waals surface area contributed by atoms with Crippen LogP contribution in [-0.2, 0) is 9.53 Å². The van der Waals surface area contributed by atoms with Gasteiger partial charge in [0.05, 0.1) is 13.2 Å². The number of morpholine rings is 1. The SMILES string of the molecule is CCC1COCCN1CC(C)(N)C(=O)O. The average Bonchev–Trinajstić information content (AvgIpc) is 2.18. The summed E-state index contributed by atoms with van der Waals surface area (Å²) in [5, 5.41) is 8.95. The van der Waals surface area contributed by atoms with E-state index in [2.05, 4.69) is 11.8 Å². The maximum atomic E-state index is 10.9. The van der Waals surface area contributed by atoms with Gasteiger partial charge in [0.25, 0.3) is 0 Å². The van der Waals surface area contributed by atoms with Gasteiger partial charge in [-0.05, 0) is 13.3 Å². The zero-order valence-corrected chi connectivity index (χ0v) is 9.40. The highest BCUT2D eigenvalue weighted by molar-refractivity contribution is 5.78. The number of carboxylic acids is 1. The van der Waals surface area contributed by atoms with Crippen LogP contribution in [0.15, 0.2) is 0 Å². The van der Waals surface area contributed by atoms with Gasteiger partial charge in [0.2, 0.25) is 0 Å². The molecule has 0 aromatic carbocycles. The van der Waals surface area contributed by atoms with Crippen molar-refractivity contribution in [3.05, 3.63) is 0 Å². The first kappa shape index (κ1) is 12.4. The van der Waals surface area contributed by atoms with Crippen LogP contribution < -0.4 is 5.73 Å². The van der Waals surface area contributed by atoms with Crippen LogP contribution in [0.3, 0.4) is 0 Å². The van der Waals surface area contributed by atoms with Crippen LogP contribution in [0.2, 0.25) is 0 Å². The van der Waals surface area contributed by atoms with Crippen molar-refractivity contribution in [1.29, 1.82) is 0 Å². The van der Waals surface area contributed by atoms with Crippen molar-refractivity contribution in [2.45, 2.75) is 31.8 Å². The van der Waals surface area contributed by atoms with Gasteiger partial charge in [0.1, 0.15) is 5.54 Å². The van der Waals surface area contributed by atoms with E-state index in [-0.39, 0.29) is 0 Å². The molecule has 3 N–H and O–H groups in total. The first-order valence-electron chi connectivity index (χ1n) is 5.31. The third-order valence-electron chi connectivity index (χ3n) is 2.84. The Kier molecular flexibility index (Phi) is 4.07. The predicted molar refractivity (Wildman–Crippen MR) is 56.7 cm³/mol. The molecular formula is C10H20N2O3. The maximum absolute atomic E-state index is 10.9. The molecule has 0 amide bonds. The fraction of sp³-hybridized carbons (Fsp3) is 0.900. The first-order valence-corrected chi connectivity index (χ1v) is 5.31. The zero-order chi connectivity index (χ0) is 11.5. The minimum atomic E-state index is -1.18. The summed E-state index contributed by atoms with van der Waals surface area (Å²) in [6.45, 7) is 6.10. The van der Waals surface area contributed by atoms with Crippen molar-refractivity contribution < 1.29 is 14.6 Å². The molecule has 0 radical (unpaired) electrons. The van der Waals surface area contributed by atoms with Crippen molar-refractivity contribution in [2.24, 2.45) is 5.73 Å². The normalized spacial score (nSPS) is 27.3. The van der Waals surface area contributed by atoms with Crippen LogP contribution in [-0.4, -0.2) is 53.9 Å². The summed E-state index contributed by atoms with van der Waals surface area (Å²) >= 11 is 0. The summed E-state index contributed by atoms with van der Waals surface area (Å²) in [4.78, 5) is 13.0. The Morgan fingerprint density at radius 2 is 2.40 bits per heavy atom. The molecule has 1 saturated heterocycles. The molecule has 0 aromatic rings. The predicted octanol–water partition coefficient (Wildman–Crippen LogP) is -0.101. The Morgan fingerprint density at radius 3 is 2.93 bits per heavy atom. The van der Waals surface area contributed by atoms with Crippen LogP contribution in [0.25, 0.3) is 0 Å². The number of carboxylic acid groups (broad SMARTS) is 1. The molecule has 88 valence electrons. The summed E-state index contributed by atoms with van der Waals surface area (Å²) < 4.78 is 5.35. The Balaban J connectivity index is 2.58. The quantitative estimate of drug-likeness (QED) is 0.686. The molecule has 0 saturated carbocycles. The van der Waals surface area contributed by atoms with Crippen LogP contribution in [0, 0.1) is 0 Å². The van der Waals surface area contributed by atoms with E-state index < -0.39 is 11.5 Å². The molecule has 0 bridgehead atoms. The molecule has 1 heterocycles. The summed E-state index contributed by atoms with van der Waals surface area (Å²) in [7, 11) is 0. The van der Waals surface area contributed by atoms with Gasteiger partial charge in [-0.2, -0.15) is 0 Å². The second-order valence-electron chi connectivity index (χ2n) is 4.33. The number of hydrogen-bond donors (Lipinski definition) is 2. The van der Waals surface area contributed by atoms with Crippen molar-refractivity contribution in [3.8, 4) is 0 Å². The topological polar surface area (TPSA) is 75.8 Å². The minimum Gasteiger partial charge on any atom is -0.480 e. The summed E-state index contributed by atoms with van der Waals surface area (Å²) in [6, 6.07) is 0.293. The molecule has 1 fully saturated rings. The lowest BCUT2D eigenvalue weighted by molar-refractivity contribution is -0.144. The Bertz CT molecular complexity index is 231. The molecule has 5 nitrogen and oxygen atoms in total. The van der Waals surface area contributed by atoms with Gasteiger partial charge in [-0.25, -0.2) is 0 Å². The molecule has 2 unspecified atom stereocenters. The van der Waals surface area contributed by atoms with E-state index in [9.17, 15) is 4.79 Å². The number of ether oxygens (including phenoxy) is 1. The Morgan fingerprint density at radius 1 is 1.73 bits per heavy atom. The summed E-state index contributed by atoms with van der Waals surface area (Å²) in [6.07, 6.45) is 0.954. The van der Waals surface area contributed by atoms with Crippen molar-refractivity contribution >= 4 is 5.97 Å². The molecule has 2 atom stereocenters. The van der Waals surface area contributed by atoms with Crippen LogP contribution in [0.4, 0.5) is 0 Å². The number of aliphatic carboxylic acids is 1. The first-order chi connectivity index (χ1) is 6.97. The highest BCUT2D eigenvalue weighted by Gasteiger charge is 2.33. The molecule has 1 rings (SSSR count). The number of nitrogens with zero attached hydrogens (tertiary/aromatic N) is 1. The molecule has 15 heavy (non-hydrogen) atoms. The van der Waals surface area contributed by atoms with E-state index in [1.54, 1.807) is 6.92 Å². The van der Waals surface area contributed by atoms with Gasteiger partial charge in [-0.1, -0.05) is 6.92 Å². The highest BCUT2D eigenvalue weighted by atomic mass is 16.5. The second-order valence-corrected chi connectivity index (χ2v) is 4.33. The molecule has 0 aromatic heterocycles. The molecule has 1 aliphatic heterocycles. The fourth-order valence-electron chi connectivity index (χ4n) is 1.76. The third-order valence-corrected chi connectivity index (χ3v) is 2.84. The van der Waals surface area contributed by atoms with Gasteiger partial charge in [-0.15, -0.1) is 0 Å². The summed E-state index contributed by atoms with van der Waals surface area (Å²) in [5.41, 5.74) is 4.55. The third kappa shape index (κ3) is 3.15. The highest BCUT2D eigenvalue weighted by Crippen LogP contribution is 2.13. The Labute approximate surface area is 90.2 Å². The monoisotopic (exact) mass is 216 g/mol. The lowest BCUT2D eigenvalue weighted by Gasteiger charge is -2.38. The van der Waals surface area contributed by atoms with Crippen LogP contribution >= 0.6 is 0 Å². The lowest BCUT2D eigenvalue weighted by Crippen LogP contribution is -2.58. The van der Waals surface area contributed by atoms with Gasteiger partial charge >= 0.3 is 5.97 Å². The standard InChI is InChI=1S/C10H20N2O3/c1-3-8-6-15-5-4-12(8)7-10(2,11)9(13)14/h8H,3-7,11H2,1-2H3,(H,13,14). The molecule has 0 aliphatic carbocycles. The van der Waals surface area contributed by atoms with E-state index in [0.29, 0.717) is 25.8 Å². The molecular weight excluding hydrogens is 196 g/mol. The van der Waals surface area contributed by atoms with Crippen molar-refractivity contribution in [3.63, 3.8) is 0 Å². The lowest BCUT2D eigenvalue weighted by atomic mass is 10.0. The molecule has 5 heteroatoms. The van der Waals surface area contributed by atoms with Crippen molar-refractivity contribution in [1.82, 2.24) is 4.90 Å². The number of carbonyl (C=O) groups is 1. The van der Waals surface area contributed by atoms with E-state index >= 15 is 0 Å². The average molecular weight is 216 g/mol. The van der Waals surface area contributed by atoms with E-state index in [4.69, 9.17) is 15.6 Å². The largest absolute Gasteiger partial charge is 0.480 e. The number of hydrogen-bond acceptors (Lipinski definition) is 4. The van der Waals surface area contributed by atoms with E-state index in [1.165, 1.54) is 0 Å². The van der Waals surface area contributed by atoms with Crippen LogP contribution in [0.5, 0.6) is 0 Å². The second kappa shape index (κ2) is 4.92. The number of rotatable bonds is 4. The number of nitrogens with two attached hydrogens (primary N) is 1. The minimum absolute atomic E-state index is 0.293. The molecule has 1 aliphatic rings. The van der Waals surface area contributed by atoms with Gasteiger partial charge in [0, 0.05) is 19.1 Å². The van der Waals surface area contributed by atoms with Gasteiger partial charge in [0.15, 0.2) is 0 Å². The summed E-state index contributed by atoms with van der Waals surface area (Å²) in [5.74, 6) is -0.955. The van der Waals surface area contributed by atoms with Gasteiger partial charge in [-0.3, -0.25) is 9.69 Å². The van der Waals surface area contributed by atoms with Crippen LogP contribution in [0.1, 0.15) is 20.3 Å². The zero-order valence-electron chi connectivity index (χ0n) is 9.40. The smallest absolute Gasteiger partial charge is 0.324 e. The van der Waals surface area contributed by atoms with E-state index in [0.717, 1.165) is 13.0 Å². The fourth-order valence-corrected chi connectivity index (χ4v) is 1.76. The molecule has 0 spiro atoms. The van der Waals surface area contributed by atoms with Gasteiger partial charge < -0.3 is 15.6 Å².